The molecule has 0 unspecified atom stereocenters. The predicted molar refractivity (Wildman–Crippen MR) is 128 cm³/mol. The monoisotopic (exact) mass is 484 g/mol. The Balaban J connectivity index is 1.31. The number of hydrogen-bond donors (Lipinski definition) is 1. The fourth-order valence-corrected chi connectivity index (χ4v) is 5.92. The van der Waals surface area contributed by atoms with Gasteiger partial charge in [0.2, 0.25) is 0 Å². The number of ether oxygens (including phenoxy) is 1. The van der Waals surface area contributed by atoms with E-state index >= 15 is 0 Å². The van der Waals surface area contributed by atoms with Gasteiger partial charge in [0.15, 0.2) is 0 Å². The quantitative estimate of drug-likeness (QED) is 0.449. The van der Waals surface area contributed by atoms with E-state index in [1.54, 1.807) is 29.8 Å². The molecule has 0 saturated carbocycles. The molecule has 0 bridgehead atoms. The molecule has 1 fully saturated rings. The molecule has 7 nitrogen and oxygen atoms in total. The van der Waals surface area contributed by atoms with E-state index in [0.717, 1.165) is 68.1 Å². The summed E-state index contributed by atoms with van der Waals surface area (Å²) < 4.78 is 21.1. The van der Waals surface area contributed by atoms with E-state index in [0.29, 0.717) is 11.5 Å². The van der Waals surface area contributed by atoms with Crippen LogP contribution in [-0.4, -0.2) is 57.5 Å². The van der Waals surface area contributed by atoms with Gasteiger partial charge in [-0.3, -0.25) is 9.58 Å². The summed E-state index contributed by atoms with van der Waals surface area (Å²) in [6.45, 7) is 5.42. The molecule has 1 N–H and O–H groups in total. The summed E-state index contributed by atoms with van der Waals surface area (Å²) >= 11 is 7.64. The average Bonchev–Trinajstić information content (AvgIpc) is 3.42. The fourth-order valence-electron chi connectivity index (χ4n) is 4.51. The molecule has 4 heterocycles. The van der Waals surface area contributed by atoms with E-state index in [9.17, 15) is 4.39 Å². The number of rotatable bonds is 5. The minimum Gasteiger partial charge on any atom is -0.379 e. The molecule has 3 aromatic heterocycles. The standard InChI is InChI=1S/C23H22ClFN6OS/c24-17-11-14(1-3-18(17)25)28-22-20-15-2-4-19-16(21(15)33-23(20)27-13-26-22)12-31(29-19)6-5-30-7-9-32-10-8-30/h1,3,11-13H,2,4-10H2,(H,26,27,28). The van der Waals surface area contributed by atoms with Crippen molar-refractivity contribution in [1.29, 1.82) is 0 Å². The lowest BCUT2D eigenvalue weighted by Gasteiger charge is -2.26. The number of thiophene rings is 1. The van der Waals surface area contributed by atoms with Gasteiger partial charge in [-0.05, 0) is 36.6 Å². The van der Waals surface area contributed by atoms with Crippen molar-refractivity contribution in [3.05, 3.63) is 52.8 Å². The number of anilines is 2. The maximum Gasteiger partial charge on any atom is 0.142 e. The van der Waals surface area contributed by atoms with Crippen LogP contribution in [0.1, 0.15) is 11.3 Å². The highest BCUT2D eigenvalue weighted by Crippen LogP contribution is 2.45. The second-order valence-corrected chi connectivity index (χ2v) is 9.68. The van der Waals surface area contributed by atoms with Crippen LogP contribution in [0.2, 0.25) is 5.02 Å². The van der Waals surface area contributed by atoms with Gasteiger partial charge in [0, 0.05) is 42.0 Å². The number of benzene rings is 1. The molecular weight excluding hydrogens is 463 g/mol. The second kappa shape index (κ2) is 8.64. The molecule has 0 atom stereocenters. The topological polar surface area (TPSA) is 68.1 Å². The van der Waals surface area contributed by atoms with Crippen LogP contribution < -0.4 is 5.32 Å². The third-order valence-corrected chi connectivity index (χ3v) is 7.68. The molecule has 0 radical (unpaired) electrons. The number of aryl methyl sites for hydroxylation is 2. The maximum absolute atomic E-state index is 13.6. The third-order valence-electron chi connectivity index (χ3n) is 6.21. The van der Waals surface area contributed by atoms with Crippen molar-refractivity contribution < 1.29 is 9.13 Å². The van der Waals surface area contributed by atoms with Crippen molar-refractivity contribution in [2.45, 2.75) is 19.4 Å². The van der Waals surface area contributed by atoms with Crippen molar-refractivity contribution in [2.24, 2.45) is 0 Å². The molecular formula is C23H22ClFN6OS. The summed E-state index contributed by atoms with van der Waals surface area (Å²) in [6.07, 6.45) is 5.50. The van der Waals surface area contributed by atoms with Crippen LogP contribution >= 0.6 is 22.9 Å². The van der Waals surface area contributed by atoms with E-state index in [2.05, 4.69) is 31.1 Å². The van der Waals surface area contributed by atoms with Crippen molar-refractivity contribution in [2.75, 3.05) is 38.2 Å². The van der Waals surface area contributed by atoms with Crippen LogP contribution in [0.15, 0.2) is 30.7 Å². The first-order valence-corrected chi connectivity index (χ1v) is 12.2. The van der Waals surface area contributed by atoms with Crippen LogP contribution in [0.5, 0.6) is 0 Å². The number of morpholine rings is 1. The number of hydrogen-bond acceptors (Lipinski definition) is 7. The first-order chi connectivity index (χ1) is 16.2. The Morgan fingerprint density at radius 1 is 1.15 bits per heavy atom. The Morgan fingerprint density at radius 3 is 2.88 bits per heavy atom. The zero-order valence-corrected chi connectivity index (χ0v) is 19.4. The van der Waals surface area contributed by atoms with Crippen LogP contribution in [-0.2, 0) is 24.1 Å². The molecule has 10 heteroatoms. The number of nitrogens with one attached hydrogen (secondary N) is 1. The highest BCUT2D eigenvalue weighted by molar-refractivity contribution is 7.22. The molecule has 0 amide bonds. The molecule has 1 aliphatic heterocycles. The first-order valence-electron chi connectivity index (χ1n) is 11.0. The molecule has 1 aromatic carbocycles. The summed E-state index contributed by atoms with van der Waals surface area (Å²) in [7, 11) is 0. The maximum atomic E-state index is 13.6. The van der Waals surface area contributed by atoms with E-state index in [1.807, 2.05) is 0 Å². The Bertz CT molecular complexity index is 1330. The van der Waals surface area contributed by atoms with Gasteiger partial charge in [0.1, 0.15) is 22.8 Å². The van der Waals surface area contributed by atoms with Crippen molar-refractivity contribution in [3.63, 3.8) is 0 Å². The SMILES string of the molecule is Fc1ccc(Nc2ncnc3sc4c(c23)CCc2nn(CCN3CCOCC3)cc2-4)cc1Cl. The lowest BCUT2D eigenvalue weighted by molar-refractivity contribution is 0.0359. The smallest absolute Gasteiger partial charge is 0.142 e. The van der Waals surface area contributed by atoms with Crippen LogP contribution in [0.3, 0.4) is 0 Å². The molecule has 6 rings (SSSR count). The Labute approximate surface area is 199 Å². The largest absolute Gasteiger partial charge is 0.379 e. The van der Waals surface area contributed by atoms with Gasteiger partial charge in [-0.2, -0.15) is 5.10 Å². The summed E-state index contributed by atoms with van der Waals surface area (Å²) in [4.78, 5) is 13.6. The second-order valence-electron chi connectivity index (χ2n) is 8.27. The van der Waals surface area contributed by atoms with E-state index in [-0.39, 0.29) is 5.02 Å². The number of fused-ring (bicyclic) bond motifs is 5. The molecule has 4 aromatic rings. The minimum atomic E-state index is -0.443. The zero-order valence-electron chi connectivity index (χ0n) is 17.9. The molecule has 170 valence electrons. The van der Waals surface area contributed by atoms with Crippen LogP contribution in [0.25, 0.3) is 20.7 Å². The minimum absolute atomic E-state index is 0.0757. The molecule has 0 spiro atoms. The summed E-state index contributed by atoms with van der Waals surface area (Å²) in [5.74, 6) is 0.268. The Kier molecular flexibility index (Phi) is 5.49. The normalized spacial score (nSPS) is 16.1. The lowest BCUT2D eigenvalue weighted by atomic mass is 9.95. The number of aromatic nitrogens is 4. The molecule has 33 heavy (non-hydrogen) atoms. The van der Waals surface area contributed by atoms with Crippen molar-refractivity contribution in [1.82, 2.24) is 24.6 Å². The highest BCUT2D eigenvalue weighted by atomic mass is 35.5. The van der Waals surface area contributed by atoms with E-state index in [4.69, 9.17) is 21.4 Å². The summed E-state index contributed by atoms with van der Waals surface area (Å²) in [6, 6.07) is 4.58. The van der Waals surface area contributed by atoms with Crippen LogP contribution in [0, 0.1) is 5.82 Å². The first kappa shape index (κ1) is 21.0. The lowest BCUT2D eigenvalue weighted by Crippen LogP contribution is -2.38. The van der Waals surface area contributed by atoms with E-state index < -0.39 is 5.82 Å². The highest BCUT2D eigenvalue weighted by Gasteiger charge is 2.26. The van der Waals surface area contributed by atoms with Gasteiger partial charge >= 0.3 is 0 Å². The third kappa shape index (κ3) is 3.99. The molecule has 2 aliphatic rings. The van der Waals surface area contributed by atoms with Gasteiger partial charge in [-0.25, -0.2) is 14.4 Å². The predicted octanol–water partition coefficient (Wildman–Crippen LogP) is 4.52. The van der Waals surface area contributed by atoms with Gasteiger partial charge < -0.3 is 10.1 Å². The summed E-state index contributed by atoms with van der Waals surface area (Å²) in [5, 5.41) is 9.27. The van der Waals surface area contributed by atoms with E-state index in [1.165, 1.54) is 22.1 Å². The van der Waals surface area contributed by atoms with Crippen LogP contribution in [0.4, 0.5) is 15.9 Å². The number of nitrogens with zero attached hydrogens (tertiary/aromatic N) is 5. The number of halogens is 2. The Morgan fingerprint density at radius 2 is 2.03 bits per heavy atom. The molecule has 1 aliphatic carbocycles. The van der Waals surface area contributed by atoms with Gasteiger partial charge in [0.05, 0.1) is 35.9 Å². The molecule has 1 saturated heterocycles. The van der Waals surface area contributed by atoms with Gasteiger partial charge in [-0.15, -0.1) is 11.3 Å². The fraction of sp³-hybridized carbons (Fsp3) is 0.348. The summed E-state index contributed by atoms with van der Waals surface area (Å²) in [5.41, 5.74) is 4.26. The van der Waals surface area contributed by atoms with Crippen molar-refractivity contribution >= 4 is 44.7 Å². The van der Waals surface area contributed by atoms with Gasteiger partial charge in [-0.1, -0.05) is 11.6 Å². The Hall–Kier alpha value is -2.59. The van der Waals surface area contributed by atoms with Crippen molar-refractivity contribution in [3.8, 4) is 10.4 Å². The average molecular weight is 485 g/mol. The van der Waals surface area contributed by atoms with Gasteiger partial charge in [0.25, 0.3) is 0 Å². The zero-order chi connectivity index (χ0) is 22.4.